The fourth-order valence-corrected chi connectivity index (χ4v) is 0.801. The largest absolute Gasteiger partial charge is 0.449 e. The Labute approximate surface area is 84.0 Å². The molecule has 0 radical (unpaired) electrons. The molecule has 0 aliphatic rings. The van der Waals surface area contributed by atoms with Crippen LogP contribution in [0.15, 0.2) is 0 Å². The molecule has 0 heterocycles. The first kappa shape index (κ1) is 12.7. The topological polar surface area (TPSA) is 81.4 Å². The van der Waals surface area contributed by atoms with E-state index in [2.05, 4.69) is 5.32 Å². The Morgan fingerprint density at radius 1 is 1.43 bits per heavy atom. The van der Waals surface area contributed by atoms with Crippen LogP contribution in [0.5, 0.6) is 0 Å². The van der Waals surface area contributed by atoms with Crippen LogP contribution in [0.25, 0.3) is 0 Å². The molecule has 0 aliphatic carbocycles. The maximum absolute atomic E-state index is 11.1. The van der Waals surface area contributed by atoms with Crippen molar-refractivity contribution in [3.63, 3.8) is 0 Å². The van der Waals surface area contributed by atoms with Gasteiger partial charge in [-0.25, -0.2) is 4.79 Å². The van der Waals surface area contributed by atoms with Gasteiger partial charge in [0.25, 0.3) is 0 Å². The van der Waals surface area contributed by atoms with Crippen LogP contribution in [0.3, 0.4) is 0 Å². The molecule has 1 unspecified atom stereocenters. The van der Waals surface area contributed by atoms with Gasteiger partial charge < -0.3 is 15.8 Å². The Morgan fingerprint density at radius 2 is 2.00 bits per heavy atom. The zero-order chi connectivity index (χ0) is 11.1. The smallest absolute Gasteiger partial charge is 0.407 e. The number of amides is 2. The monoisotopic (exact) mass is 202 g/mol. The van der Waals surface area contributed by atoms with Crippen molar-refractivity contribution in [1.82, 2.24) is 5.32 Å². The van der Waals surface area contributed by atoms with E-state index in [1.54, 1.807) is 6.92 Å². The van der Waals surface area contributed by atoms with Gasteiger partial charge >= 0.3 is 6.09 Å². The molecule has 0 aromatic heterocycles. The molecule has 0 fully saturated rings. The van der Waals surface area contributed by atoms with Crippen molar-refractivity contribution in [1.29, 1.82) is 0 Å². The third kappa shape index (κ3) is 5.40. The zero-order valence-corrected chi connectivity index (χ0v) is 8.87. The van der Waals surface area contributed by atoms with Gasteiger partial charge in [-0.15, -0.1) is 0 Å². The number of ether oxygens (including phenoxy) is 1. The molecule has 5 nitrogen and oxygen atoms in total. The van der Waals surface area contributed by atoms with Crippen LogP contribution in [-0.2, 0) is 9.53 Å². The van der Waals surface area contributed by atoms with E-state index in [-0.39, 0.29) is 5.92 Å². The summed E-state index contributed by atoms with van der Waals surface area (Å²) in [7, 11) is 0. The van der Waals surface area contributed by atoms with E-state index < -0.39 is 18.0 Å². The number of rotatable bonds is 5. The molecular formula is C9H18N2O3. The van der Waals surface area contributed by atoms with Crippen LogP contribution in [0, 0.1) is 5.92 Å². The van der Waals surface area contributed by atoms with Crippen molar-refractivity contribution < 1.29 is 14.3 Å². The predicted octanol–water partition coefficient (Wildman–Crippen LogP) is 0.632. The van der Waals surface area contributed by atoms with Gasteiger partial charge in [-0.05, 0) is 12.3 Å². The van der Waals surface area contributed by atoms with Gasteiger partial charge in [0.15, 0.2) is 0 Å². The average molecular weight is 202 g/mol. The highest BCUT2D eigenvalue weighted by atomic mass is 16.5. The molecule has 0 aromatic rings. The summed E-state index contributed by atoms with van der Waals surface area (Å²) >= 11 is 0. The van der Waals surface area contributed by atoms with Gasteiger partial charge in [-0.1, -0.05) is 20.8 Å². The summed E-state index contributed by atoms with van der Waals surface area (Å²) in [5.41, 5.74) is 5.04. The van der Waals surface area contributed by atoms with E-state index in [9.17, 15) is 9.59 Å². The summed E-state index contributed by atoms with van der Waals surface area (Å²) in [5.74, 6) is -0.275. The second-order valence-electron chi connectivity index (χ2n) is 3.50. The highest BCUT2D eigenvalue weighted by Crippen LogP contribution is 1.95. The first-order chi connectivity index (χ1) is 6.47. The first-order valence-corrected chi connectivity index (χ1v) is 4.70. The van der Waals surface area contributed by atoms with E-state index in [1.807, 2.05) is 13.8 Å². The van der Waals surface area contributed by atoms with Gasteiger partial charge in [-0.3, -0.25) is 4.79 Å². The fraction of sp³-hybridized carbons (Fsp3) is 0.778. The van der Waals surface area contributed by atoms with Gasteiger partial charge in [-0.2, -0.15) is 0 Å². The van der Waals surface area contributed by atoms with Gasteiger partial charge in [0, 0.05) is 0 Å². The molecule has 0 aliphatic heterocycles. The Bertz CT molecular complexity index is 204. The van der Waals surface area contributed by atoms with Crippen molar-refractivity contribution in [2.24, 2.45) is 11.7 Å². The Morgan fingerprint density at radius 3 is 2.36 bits per heavy atom. The molecule has 2 amide bonds. The summed E-state index contributed by atoms with van der Waals surface area (Å²) in [6, 6.07) is -0.644. The van der Waals surface area contributed by atoms with E-state index in [0.29, 0.717) is 13.0 Å². The number of alkyl carbamates (subject to hydrolysis) is 1. The first-order valence-electron chi connectivity index (χ1n) is 4.70. The number of nitrogens with two attached hydrogens (primary N) is 1. The number of hydrogen-bond acceptors (Lipinski definition) is 3. The number of carbonyl (C=O) groups is 2. The molecule has 14 heavy (non-hydrogen) atoms. The normalized spacial score (nSPS) is 12.3. The van der Waals surface area contributed by atoms with Crippen LogP contribution in [0.1, 0.15) is 27.2 Å². The Kier molecular flexibility index (Phi) is 5.67. The van der Waals surface area contributed by atoms with Crippen molar-refractivity contribution in [3.8, 4) is 0 Å². The summed E-state index contributed by atoms with van der Waals surface area (Å²) < 4.78 is 4.83. The highest BCUT2D eigenvalue weighted by molar-refractivity contribution is 5.84. The highest BCUT2D eigenvalue weighted by Gasteiger charge is 2.16. The average Bonchev–Trinajstić information content (AvgIpc) is 2.10. The maximum Gasteiger partial charge on any atom is 0.407 e. The summed E-state index contributed by atoms with van der Waals surface area (Å²) in [5, 5.41) is 2.39. The summed E-state index contributed by atoms with van der Waals surface area (Å²) in [6.07, 6.45) is -0.129. The summed E-state index contributed by atoms with van der Waals surface area (Å²) in [4.78, 5) is 21.8. The lowest BCUT2D eigenvalue weighted by molar-refractivity contribution is -0.120. The molecule has 0 saturated heterocycles. The van der Waals surface area contributed by atoms with Gasteiger partial charge in [0.1, 0.15) is 6.04 Å². The third-order valence-electron chi connectivity index (χ3n) is 1.59. The molecule has 1 atom stereocenters. The molecule has 0 rings (SSSR count). The molecule has 0 aromatic carbocycles. The molecule has 3 N–H and O–H groups in total. The van der Waals surface area contributed by atoms with E-state index in [0.717, 1.165) is 0 Å². The second kappa shape index (κ2) is 6.23. The van der Waals surface area contributed by atoms with E-state index in [4.69, 9.17) is 10.5 Å². The van der Waals surface area contributed by atoms with Crippen molar-refractivity contribution >= 4 is 12.0 Å². The lowest BCUT2D eigenvalue weighted by atomic mass is 10.2. The minimum Gasteiger partial charge on any atom is -0.449 e. The number of nitrogens with one attached hydrogen (secondary N) is 1. The third-order valence-corrected chi connectivity index (χ3v) is 1.59. The number of primary amides is 1. The minimum absolute atomic E-state index is 0.273. The van der Waals surface area contributed by atoms with Gasteiger partial charge in [0.2, 0.25) is 5.91 Å². The Hall–Kier alpha value is -1.26. The minimum atomic E-state index is -0.644. The molecule has 5 heteroatoms. The van der Waals surface area contributed by atoms with Crippen LogP contribution in [0.4, 0.5) is 4.79 Å². The summed E-state index contributed by atoms with van der Waals surface area (Å²) in [6.45, 7) is 5.95. The number of carbonyl (C=O) groups excluding carboxylic acids is 2. The maximum atomic E-state index is 11.1. The molecule has 0 bridgehead atoms. The molecular weight excluding hydrogens is 184 g/mol. The molecule has 0 spiro atoms. The van der Waals surface area contributed by atoms with Gasteiger partial charge in [0.05, 0.1) is 6.61 Å². The lowest BCUT2D eigenvalue weighted by Crippen LogP contribution is -2.44. The van der Waals surface area contributed by atoms with E-state index in [1.165, 1.54) is 0 Å². The van der Waals surface area contributed by atoms with Crippen molar-refractivity contribution in [2.75, 3.05) is 6.61 Å². The van der Waals surface area contributed by atoms with Crippen molar-refractivity contribution in [3.05, 3.63) is 0 Å². The number of hydrogen-bond donors (Lipinski definition) is 2. The van der Waals surface area contributed by atoms with Crippen LogP contribution in [-0.4, -0.2) is 24.6 Å². The van der Waals surface area contributed by atoms with E-state index >= 15 is 0 Å². The predicted molar refractivity (Wildman–Crippen MR) is 52.6 cm³/mol. The quantitative estimate of drug-likeness (QED) is 0.686. The Balaban J connectivity index is 3.85. The SMILES string of the molecule is CCC(NC(=O)OCC(C)C)C(N)=O. The second-order valence-corrected chi connectivity index (χ2v) is 3.50. The molecule has 0 saturated carbocycles. The van der Waals surface area contributed by atoms with Crippen LogP contribution >= 0.6 is 0 Å². The fourth-order valence-electron chi connectivity index (χ4n) is 0.801. The van der Waals surface area contributed by atoms with Crippen LogP contribution < -0.4 is 11.1 Å². The standard InChI is InChI=1S/C9H18N2O3/c1-4-7(8(10)12)11-9(13)14-5-6(2)3/h6-7H,4-5H2,1-3H3,(H2,10,12)(H,11,13). The molecule has 82 valence electrons. The van der Waals surface area contributed by atoms with Crippen molar-refractivity contribution in [2.45, 2.75) is 33.2 Å². The van der Waals surface area contributed by atoms with Crippen LogP contribution in [0.2, 0.25) is 0 Å². The zero-order valence-electron chi connectivity index (χ0n) is 8.87. The lowest BCUT2D eigenvalue weighted by Gasteiger charge is -2.13.